The van der Waals surface area contributed by atoms with Crippen LogP contribution < -0.4 is 0 Å². The monoisotopic (exact) mass is 338 g/mol. The van der Waals surface area contributed by atoms with Gasteiger partial charge in [-0.2, -0.15) is 13.2 Å². The van der Waals surface area contributed by atoms with Crippen molar-refractivity contribution in [2.75, 3.05) is 6.61 Å². The molecule has 1 aliphatic rings. The van der Waals surface area contributed by atoms with Gasteiger partial charge in [0.05, 0.1) is 12.5 Å². The smallest absolute Gasteiger partial charge is 0.417 e. The van der Waals surface area contributed by atoms with Gasteiger partial charge in [-0.3, -0.25) is 4.79 Å². The van der Waals surface area contributed by atoms with Crippen molar-refractivity contribution in [2.24, 2.45) is 5.92 Å². The highest BCUT2D eigenvalue weighted by Gasteiger charge is 2.57. The number of hydrogen-bond donors (Lipinski definition) is 1. The van der Waals surface area contributed by atoms with Crippen LogP contribution in [-0.4, -0.2) is 29.5 Å². The van der Waals surface area contributed by atoms with Crippen LogP contribution in [0.5, 0.6) is 0 Å². The average Bonchev–Trinajstić information content (AvgIpc) is 2.43. The first kappa shape index (κ1) is 17.7. The van der Waals surface area contributed by atoms with Crippen molar-refractivity contribution in [1.82, 2.24) is 0 Å². The standard InChI is InChI=1S/C15H15F5O3/c1-7-8(3-4-11(16)12(7)17)9-5-14(2,15(18,19)20)23-6-10(9)13(21)22/h3-4,9-10H,5-6H2,1-2H3,(H,21,22)/t9-,10+,14+/m0/s1. The van der Waals surface area contributed by atoms with Crippen LogP contribution in [0.4, 0.5) is 22.0 Å². The zero-order valence-corrected chi connectivity index (χ0v) is 12.4. The van der Waals surface area contributed by atoms with Crippen LogP contribution in [0.15, 0.2) is 12.1 Å². The zero-order chi connectivity index (χ0) is 17.6. The van der Waals surface area contributed by atoms with Crippen LogP contribution in [0.3, 0.4) is 0 Å². The molecule has 8 heteroatoms. The summed E-state index contributed by atoms with van der Waals surface area (Å²) in [6, 6.07) is 1.92. The van der Waals surface area contributed by atoms with Gasteiger partial charge < -0.3 is 9.84 Å². The van der Waals surface area contributed by atoms with Gasteiger partial charge in [0.15, 0.2) is 17.2 Å². The molecule has 1 aliphatic heterocycles. The largest absolute Gasteiger partial charge is 0.481 e. The maximum atomic E-state index is 13.7. The second kappa shape index (κ2) is 5.74. The highest BCUT2D eigenvalue weighted by Crippen LogP contribution is 2.47. The summed E-state index contributed by atoms with van der Waals surface area (Å²) in [6.45, 7) is 1.38. The summed E-state index contributed by atoms with van der Waals surface area (Å²) in [5, 5.41) is 9.23. The van der Waals surface area contributed by atoms with E-state index in [1.54, 1.807) is 0 Å². The Morgan fingerprint density at radius 3 is 2.48 bits per heavy atom. The molecule has 1 saturated heterocycles. The van der Waals surface area contributed by atoms with E-state index in [2.05, 4.69) is 0 Å². The summed E-state index contributed by atoms with van der Waals surface area (Å²) in [7, 11) is 0. The summed E-state index contributed by atoms with van der Waals surface area (Å²) in [4.78, 5) is 11.3. The normalized spacial score (nSPS) is 28.7. The Hall–Kier alpha value is -1.70. The molecule has 0 amide bonds. The molecule has 3 atom stereocenters. The molecule has 1 aromatic rings. The first-order chi connectivity index (χ1) is 10.5. The van der Waals surface area contributed by atoms with Crippen LogP contribution in [0.1, 0.15) is 30.4 Å². The summed E-state index contributed by atoms with van der Waals surface area (Å²) >= 11 is 0. The number of carbonyl (C=O) groups is 1. The fraction of sp³-hybridized carbons (Fsp3) is 0.533. The third-order valence-corrected chi connectivity index (χ3v) is 4.37. The van der Waals surface area contributed by atoms with E-state index in [1.807, 2.05) is 0 Å². The topological polar surface area (TPSA) is 46.5 Å². The summed E-state index contributed by atoms with van der Waals surface area (Å²) < 4.78 is 71.3. The van der Waals surface area contributed by atoms with Gasteiger partial charge in [-0.25, -0.2) is 8.78 Å². The molecule has 3 nitrogen and oxygen atoms in total. The molecular formula is C15H15F5O3. The van der Waals surface area contributed by atoms with E-state index >= 15 is 0 Å². The van der Waals surface area contributed by atoms with E-state index in [4.69, 9.17) is 4.74 Å². The van der Waals surface area contributed by atoms with Gasteiger partial charge in [0, 0.05) is 5.92 Å². The fourth-order valence-corrected chi connectivity index (χ4v) is 2.85. The number of aliphatic carboxylic acids is 1. The SMILES string of the molecule is Cc1c([C@@H]2C[C@](C)(C(F)(F)F)OC[C@H]2C(=O)O)ccc(F)c1F. The van der Waals surface area contributed by atoms with Gasteiger partial charge in [-0.1, -0.05) is 6.07 Å². The average molecular weight is 338 g/mol. The van der Waals surface area contributed by atoms with Crippen LogP contribution in [0, 0.1) is 24.5 Å². The lowest BCUT2D eigenvalue weighted by atomic mass is 9.74. The Labute approximate surface area is 129 Å². The van der Waals surface area contributed by atoms with Crippen molar-refractivity contribution in [3.8, 4) is 0 Å². The molecule has 1 fully saturated rings. The van der Waals surface area contributed by atoms with E-state index < -0.39 is 54.2 Å². The highest BCUT2D eigenvalue weighted by atomic mass is 19.4. The molecule has 1 aromatic carbocycles. The molecule has 128 valence electrons. The van der Waals surface area contributed by atoms with E-state index in [0.717, 1.165) is 19.1 Å². The first-order valence-corrected chi connectivity index (χ1v) is 6.86. The van der Waals surface area contributed by atoms with Gasteiger partial charge in [0.2, 0.25) is 0 Å². The van der Waals surface area contributed by atoms with Crippen molar-refractivity contribution >= 4 is 5.97 Å². The van der Waals surface area contributed by atoms with Gasteiger partial charge in [0.25, 0.3) is 0 Å². The van der Waals surface area contributed by atoms with E-state index in [1.165, 1.54) is 6.92 Å². The Kier molecular flexibility index (Phi) is 4.40. The summed E-state index contributed by atoms with van der Waals surface area (Å²) in [5.41, 5.74) is -2.68. The molecule has 1 N–H and O–H groups in total. The lowest BCUT2D eigenvalue weighted by Gasteiger charge is -2.42. The molecule has 23 heavy (non-hydrogen) atoms. The number of ether oxygens (including phenoxy) is 1. The number of benzene rings is 1. The Morgan fingerprint density at radius 1 is 1.35 bits per heavy atom. The third kappa shape index (κ3) is 3.04. The first-order valence-electron chi connectivity index (χ1n) is 6.86. The summed E-state index contributed by atoms with van der Waals surface area (Å²) in [6.07, 6.45) is -5.39. The number of halogens is 5. The molecule has 0 saturated carbocycles. The Balaban J connectivity index is 2.50. The maximum Gasteiger partial charge on any atom is 0.417 e. The van der Waals surface area contributed by atoms with Crippen molar-refractivity contribution in [3.05, 3.63) is 34.9 Å². The number of rotatable bonds is 2. The van der Waals surface area contributed by atoms with Crippen LogP contribution in [0.25, 0.3) is 0 Å². The number of hydrogen-bond acceptors (Lipinski definition) is 2. The predicted molar refractivity (Wildman–Crippen MR) is 70.0 cm³/mol. The van der Waals surface area contributed by atoms with Gasteiger partial charge in [-0.05, 0) is 37.5 Å². The van der Waals surface area contributed by atoms with Crippen molar-refractivity contribution < 1.29 is 36.6 Å². The maximum absolute atomic E-state index is 13.7. The lowest BCUT2D eigenvalue weighted by Crippen LogP contribution is -2.52. The van der Waals surface area contributed by atoms with Crippen LogP contribution >= 0.6 is 0 Å². The highest BCUT2D eigenvalue weighted by molar-refractivity contribution is 5.72. The van der Waals surface area contributed by atoms with Crippen molar-refractivity contribution in [2.45, 2.75) is 38.0 Å². The van der Waals surface area contributed by atoms with Gasteiger partial charge in [-0.15, -0.1) is 0 Å². The molecule has 0 unspecified atom stereocenters. The Bertz CT molecular complexity index is 628. The van der Waals surface area contributed by atoms with E-state index in [9.17, 15) is 31.9 Å². The molecule has 1 heterocycles. The molecule has 0 aliphatic carbocycles. The van der Waals surface area contributed by atoms with Crippen molar-refractivity contribution in [3.63, 3.8) is 0 Å². The fourth-order valence-electron chi connectivity index (χ4n) is 2.85. The Morgan fingerprint density at radius 2 is 1.96 bits per heavy atom. The molecule has 0 bridgehead atoms. The number of carboxylic acids is 1. The number of carboxylic acid groups (broad SMARTS) is 1. The number of alkyl halides is 3. The minimum absolute atomic E-state index is 0.0510. The third-order valence-electron chi connectivity index (χ3n) is 4.37. The molecule has 0 radical (unpaired) electrons. The molecule has 0 aromatic heterocycles. The molecule has 2 rings (SSSR count). The lowest BCUT2D eigenvalue weighted by molar-refractivity contribution is -0.290. The minimum Gasteiger partial charge on any atom is -0.481 e. The predicted octanol–water partition coefficient (Wildman–Crippen LogP) is 3.80. The van der Waals surface area contributed by atoms with Crippen LogP contribution in [-0.2, 0) is 9.53 Å². The second-order valence-electron chi connectivity index (χ2n) is 5.87. The van der Waals surface area contributed by atoms with E-state index in [-0.39, 0.29) is 11.1 Å². The summed E-state index contributed by atoms with van der Waals surface area (Å²) in [5.74, 6) is -6.07. The zero-order valence-electron chi connectivity index (χ0n) is 12.4. The van der Waals surface area contributed by atoms with Gasteiger partial charge >= 0.3 is 12.1 Å². The minimum atomic E-state index is -4.71. The molecular weight excluding hydrogens is 323 g/mol. The van der Waals surface area contributed by atoms with Gasteiger partial charge in [0.1, 0.15) is 0 Å². The van der Waals surface area contributed by atoms with Crippen molar-refractivity contribution in [1.29, 1.82) is 0 Å². The molecule has 0 spiro atoms. The quantitative estimate of drug-likeness (QED) is 0.835. The van der Waals surface area contributed by atoms with E-state index in [0.29, 0.717) is 0 Å². The second-order valence-corrected chi connectivity index (χ2v) is 5.87. The van der Waals surface area contributed by atoms with Crippen LogP contribution in [0.2, 0.25) is 0 Å².